The van der Waals surface area contributed by atoms with Gasteiger partial charge in [0.25, 0.3) is 0 Å². The molecule has 3 aromatic rings. The van der Waals surface area contributed by atoms with Crippen LogP contribution >= 0.6 is 11.6 Å². The molecule has 2 heterocycles. The number of anilines is 1. The Labute approximate surface area is 145 Å². The average Bonchev–Trinajstić information content (AvgIpc) is 2.89. The maximum Gasteiger partial charge on any atom is 0.226 e. The number of alkyl halides is 1. The van der Waals surface area contributed by atoms with E-state index in [2.05, 4.69) is 23.4 Å². The van der Waals surface area contributed by atoms with E-state index in [9.17, 15) is 4.79 Å². The van der Waals surface area contributed by atoms with Crippen LogP contribution in [0.4, 0.5) is 5.82 Å². The summed E-state index contributed by atoms with van der Waals surface area (Å²) < 4.78 is 1.67. The van der Waals surface area contributed by atoms with Crippen molar-refractivity contribution in [1.82, 2.24) is 14.8 Å². The first-order valence-electron chi connectivity index (χ1n) is 7.79. The summed E-state index contributed by atoms with van der Waals surface area (Å²) in [4.78, 5) is 16.6. The number of hydrogen-bond donors (Lipinski definition) is 1. The summed E-state index contributed by atoms with van der Waals surface area (Å²) in [6.07, 6.45) is 0.259. The zero-order valence-corrected chi connectivity index (χ0v) is 14.7. The zero-order chi connectivity index (χ0) is 17.3. The number of aryl methyl sites for hydroxylation is 3. The summed E-state index contributed by atoms with van der Waals surface area (Å²) in [6, 6.07) is 9.93. The molecular formula is C18H19ClN4O. The van der Waals surface area contributed by atoms with Crippen molar-refractivity contribution >= 4 is 34.2 Å². The van der Waals surface area contributed by atoms with Crippen LogP contribution in [0.25, 0.3) is 16.7 Å². The lowest BCUT2D eigenvalue weighted by molar-refractivity contribution is -0.115. The number of para-hydroxylation sites is 1. The normalized spacial score (nSPS) is 11.0. The van der Waals surface area contributed by atoms with Gasteiger partial charge in [0.1, 0.15) is 5.82 Å². The van der Waals surface area contributed by atoms with Crippen LogP contribution in [0.1, 0.15) is 23.2 Å². The third kappa shape index (κ3) is 3.12. The van der Waals surface area contributed by atoms with Gasteiger partial charge in [0, 0.05) is 23.8 Å². The topological polar surface area (TPSA) is 59.8 Å². The van der Waals surface area contributed by atoms with Crippen molar-refractivity contribution in [2.45, 2.75) is 27.2 Å². The molecule has 2 aromatic heterocycles. The predicted octanol–water partition coefficient (Wildman–Crippen LogP) is 3.91. The first-order valence-corrected chi connectivity index (χ1v) is 8.33. The number of carbonyl (C=O) groups is 1. The molecule has 3 rings (SSSR count). The Morgan fingerprint density at radius 3 is 2.75 bits per heavy atom. The number of nitrogens with zero attached hydrogens (tertiary/aromatic N) is 3. The lowest BCUT2D eigenvalue weighted by Crippen LogP contribution is -2.15. The fourth-order valence-electron chi connectivity index (χ4n) is 2.71. The van der Waals surface area contributed by atoms with Crippen molar-refractivity contribution in [3.63, 3.8) is 0 Å². The number of halogens is 1. The van der Waals surface area contributed by atoms with Gasteiger partial charge in [-0.3, -0.25) is 4.79 Å². The lowest BCUT2D eigenvalue weighted by atomic mass is 10.1. The fourth-order valence-corrected chi connectivity index (χ4v) is 2.88. The maximum absolute atomic E-state index is 11.9. The van der Waals surface area contributed by atoms with Crippen LogP contribution in [0, 0.1) is 20.8 Å². The molecule has 0 atom stereocenters. The number of hydrogen-bond acceptors (Lipinski definition) is 3. The highest BCUT2D eigenvalue weighted by Gasteiger charge is 2.13. The molecular weight excluding hydrogens is 324 g/mol. The number of nitrogens with one attached hydrogen (secondary N) is 1. The summed E-state index contributed by atoms with van der Waals surface area (Å²) in [6.45, 7) is 5.97. The minimum Gasteiger partial charge on any atom is -0.310 e. The smallest absolute Gasteiger partial charge is 0.226 e. The third-order valence-corrected chi connectivity index (χ3v) is 4.06. The Hall–Kier alpha value is -2.40. The van der Waals surface area contributed by atoms with Gasteiger partial charge in [-0.15, -0.1) is 11.6 Å². The SMILES string of the molecule is Cc1cc(NC(=O)CCCl)n(-c2cc(C)c3cccc(C)c3n2)n1. The third-order valence-electron chi connectivity index (χ3n) is 3.87. The van der Waals surface area contributed by atoms with Crippen molar-refractivity contribution in [3.8, 4) is 5.82 Å². The first kappa shape index (κ1) is 16.5. The zero-order valence-electron chi connectivity index (χ0n) is 13.9. The van der Waals surface area contributed by atoms with Crippen molar-refractivity contribution in [3.05, 3.63) is 47.2 Å². The van der Waals surface area contributed by atoms with Crippen LogP contribution in [0.3, 0.4) is 0 Å². The number of amides is 1. The Bertz CT molecular complexity index is 917. The predicted molar refractivity (Wildman–Crippen MR) is 97.0 cm³/mol. The second kappa shape index (κ2) is 6.61. The molecule has 6 heteroatoms. The van der Waals surface area contributed by atoms with Crippen LogP contribution < -0.4 is 5.32 Å². The van der Waals surface area contributed by atoms with Gasteiger partial charge in [-0.2, -0.15) is 9.78 Å². The van der Waals surface area contributed by atoms with Gasteiger partial charge in [-0.1, -0.05) is 18.2 Å². The molecule has 1 aromatic carbocycles. The van der Waals surface area contributed by atoms with E-state index in [1.807, 2.05) is 38.1 Å². The summed E-state index contributed by atoms with van der Waals surface area (Å²) in [5, 5.41) is 8.45. The molecule has 1 N–H and O–H groups in total. The second-order valence-corrected chi connectivity index (χ2v) is 6.22. The molecule has 0 aliphatic rings. The molecule has 0 unspecified atom stereocenters. The molecule has 0 aliphatic carbocycles. The van der Waals surface area contributed by atoms with E-state index < -0.39 is 0 Å². The lowest BCUT2D eigenvalue weighted by Gasteiger charge is -2.11. The molecule has 124 valence electrons. The van der Waals surface area contributed by atoms with Crippen LogP contribution in [-0.4, -0.2) is 26.6 Å². The highest BCUT2D eigenvalue weighted by atomic mass is 35.5. The van der Waals surface area contributed by atoms with Gasteiger partial charge < -0.3 is 5.32 Å². The van der Waals surface area contributed by atoms with E-state index in [4.69, 9.17) is 16.6 Å². The highest BCUT2D eigenvalue weighted by Crippen LogP contribution is 2.24. The van der Waals surface area contributed by atoms with E-state index in [0.717, 1.165) is 27.7 Å². The minimum absolute atomic E-state index is 0.139. The minimum atomic E-state index is -0.139. The molecule has 0 saturated carbocycles. The molecule has 0 fully saturated rings. The van der Waals surface area contributed by atoms with E-state index in [1.165, 1.54) is 0 Å². The summed E-state index contributed by atoms with van der Waals surface area (Å²) in [5.41, 5.74) is 3.97. The number of rotatable bonds is 4. The molecule has 0 bridgehead atoms. The summed E-state index contributed by atoms with van der Waals surface area (Å²) in [5.74, 6) is 1.43. The molecule has 24 heavy (non-hydrogen) atoms. The monoisotopic (exact) mass is 342 g/mol. The van der Waals surface area contributed by atoms with Gasteiger partial charge >= 0.3 is 0 Å². The number of pyridine rings is 1. The van der Waals surface area contributed by atoms with Crippen molar-refractivity contribution in [2.24, 2.45) is 0 Å². The fraction of sp³-hybridized carbons (Fsp3) is 0.278. The van der Waals surface area contributed by atoms with E-state index in [1.54, 1.807) is 4.68 Å². The molecule has 5 nitrogen and oxygen atoms in total. The van der Waals surface area contributed by atoms with E-state index in [-0.39, 0.29) is 18.2 Å². The van der Waals surface area contributed by atoms with Gasteiger partial charge in [0.2, 0.25) is 5.91 Å². The van der Waals surface area contributed by atoms with Crippen molar-refractivity contribution in [1.29, 1.82) is 0 Å². The number of fused-ring (bicyclic) bond motifs is 1. The van der Waals surface area contributed by atoms with E-state index >= 15 is 0 Å². The van der Waals surface area contributed by atoms with Crippen molar-refractivity contribution < 1.29 is 4.79 Å². The molecule has 1 amide bonds. The largest absolute Gasteiger partial charge is 0.310 e. The number of aromatic nitrogens is 3. The highest BCUT2D eigenvalue weighted by molar-refractivity contribution is 6.19. The molecule has 0 saturated heterocycles. The Morgan fingerprint density at radius 1 is 1.21 bits per heavy atom. The molecule has 0 aliphatic heterocycles. The Balaban J connectivity index is 2.11. The van der Waals surface area contributed by atoms with Crippen LogP contribution in [0.2, 0.25) is 0 Å². The van der Waals surface area contributed by atoms with Crippen LogP contribution in [-0.2, 0) is 4.79 Å². The standard InChI is InChI=1S/C18H19ClN4O/c1-11-5-4-6-14-12(2)9-15(21-18(11)14)23-16(10-13(3)22-23)20-17(24)7-8-19/h4-6,9-10H,7-8H2,1-3H3,(H,20,24). The number of benzene rings is 1. The second-order valence-electron chi connectivity index (χ2n) is 5.84. The molecule has 0 spiro atoms. The maximum atomic E-state index is 11.9. The summed E-state index contributed by atoms with van der Waals surface area (Å²) in [7, 11) is 0. The first-order chi connectivity index (χ1) is 11.5. The Morgan fingerprint density at radius 2 is 2.00 bits per heavy atom. The van der Waals surface area contributed by atoms with Crippen molar-refractivity contribution in [2.75, 3.05) is 11.2 Å². The van der Waals surface area contributed by atoms with Gasteiger partial charge in [0.15, 0.2) is 5.82 Å². The average molecular weight is 343 g/mol. The van der Waals surface area contributed by atoms with Gasteiger partial charge in [-0.25, -0.2) is 4.98 Å². The van der Waals surface area contributed by atoms with E-state index in [0.29, 0.717) is 11.6 Å². The molecule has 0 radical (unpaired) electrons. The van der Waals surface area contributed by atoms with Crippen LogP contribution in [0.5, 0.6) is 0 Å². The van der Waals surface area contributed by atoms with Gasteiger partial charge in [0.05, 0.1) is 11.2 Å². The summed E-state index contributed by atoms with van der Waals surface area (Å²) >= 11 is 5.63. The quantitative estimate of drug-likeness (QED) is 0.731. The Kier molecular flexibility index (Phi) is 4.53. The van der Waals surface area contributed by atoms with Crippen LogP contribution in [0.15, 0.2) is 30.3 Å². The van der Waals surface area contributed by atoms with Gasteiger partial charge in [-0.05, 0) is 38.0 Å². The number of carbonyl (C=O) groups excluding carboxylic acids is 1.